The van der Waals surface area contributed by atoms with Crippen LogP contribution in [0.15, 0.2) is 18.2 Å². The van der Waals surface area contributed by atoms with Crippen molar-refractivity contribution >= 4 is 17.5 Å². The molecular formula is C15H19N3O2. The van der Waals surface area contributed by atoms with Crippen molar-refractivity contribution < 1.29 is 9.59 Å². The fourth-order valence-corrected chi connectivity index (χ4v) is 2.87. The number of nitrogens with one attached hydrogen (secondary N) is 2. The van der Waals surface area contributed by atoms with Gasteiger partial charge in [0.25, 0.3) is 11.8 Å². The average molecular weight is 273 g/mol. The Labute approximate surface area is 118 Å². The van der Waals surface area contributed by atoms with Gasteiger partial charge in [0.15, 0.2) is 0 Å². The van der Waals surface area contributed by atoms with Gasteiger partial charge in [-0.05, 0) is 38.5 Å². The van der Waals surface area contributed by atoms with Crippen LogP contribution < -0.4 is 10.6 Å². The molecule has 2 aliphatic rings. The van der Waals surface area contributed by atoms with Crippen LogP contribution in [0.25, 0.3) is 0 Å². The Morgan fingerprint density at radius 1 is 1.25 bits per heavy atom. The Morgan fingerprint density at radius 2 is 2.00 bits per heavy atom. The normalized spacial score (nSPS) is 22.2. The van der Waals surface area contributed by atoms with Gasteiger partial charge in [0.1, 0.15) is 0 Å². The summed E-state index contributed by atoms with van der Waals surface area (Å²) in [6, 6.07) is 6.32. The molecule has 0 aromatic heterocycles. The van der Waals surface area contributed by atoms with Gasteiger partial charge >= 0.3 is 0 Å². The van der Waals surface area contributed by atoms with Crippen LogP contribution in [0.1, 0.15) is 41.0 Å². The summed E-state index contributed by atoms with van der Waals surface area (Å²) in [7, 11) is 0. The number of hydrogen-bond donors (Lipinski definition) is 2. The van der Waals surface area contributed by atoms with Crippen LogP contribution in [0.2, 0.25) is 0 Å². The summed E-state index contributed by atoms with van der Waals surface area (Å²) in [6.07, 6.45) is 1.10. The Balaban J connectivity index is 1.72. The molecule has 0 radical (unpaired) electrons. The van der Waals surface area contributed by atoms with Crippen molar-refractivity contribution in [2.75, 3.05) is 18.4 Å². The fraction of sp³-hybridized carbons (Fsp3) is 0.467. The van der Waals surface area contributed by atoms with Crippen molar-refractivity contribution in [3.05, 3.63) is 29.3 Å². The molecule has 0 saturated carbocycles. The number of imide groups is 1. The van der Waals surface area contributed by atoms with E-state index < -0.39 is 0 Å². The summed E-state index contributed by atoms with van der Waals surface area (Å²) in [5.74, 6) is -0.604. The second-order valence-electron chi connectivity index (χ2n) is 5.76. The van der Waals surface area contributed by atoms with E-state index in [1.165, 1.54) is 0 Å². The van der Waals surface area contributed by atoms with E-state index in [-0.39, 0.29) is 11.8 Å². The molecule has 0 bridgehead atoms. The maximum Gasteiger partial charge on any atom is 0.259 e. The minimum absolute atomic E-state index is 0.302. The lowest BCUT2D eigenvalue weighted by Gasteiger charge is -2.21. The molecular weight excluding hydrogens is 254 g/mol. The number of nitrogens with zero attached hydrogens (tertiary/aromatic N) is 1. The second kappa shape index (κ2) is 4.90. The predicted octanol–water partition coefficient (Wildman–Crippen LogP) is 1.46. The maximum absolute atomic E-state index is 11.6. The molecule has 0 aliphatic carbocycles. The summed E-state index contributed by atoms with van der Waals surface area (Å²) in [6.45, 7) is 6.51. The number of fused-ring (bicyclic) bond motifs is 1. The minimum Gasteiger partial charge on any atom is -0.381 e. The number of rotatable bonds is 3. The molecule has 106 valence electrons. The van der Waals surface area contributed by atoms with E-state index in [2.05, 4.69) is 29.4 Å². The van der Waals surface area contributed by atoms with Crippen LogP contribution in [-0.4, -0.2) is 41.9 Å². The second-order valence-corrected chi connectivity index (χ2v) is 5.76. The molecule has 2 N–H and O–H groups in total. The van der Waals surface area contributed by atoms with Crippen LogP contribution in [0, 0.1) is 0 Å². The van der Waals surface area contributed by atoms with Gasteiger partial charge in [-0.1, -0.05) is 0 Å². The first kappa shape index (κ1) is 13.1. The lowest BCUT2D eigenvalue weighted by Crippen LogP contribution is -2.31. The molecule has 20 heavy (non-hydrogen) atoms. The number of amides is 2. The summed E-state index contributed by atoms with van der Waals surface area (Å²) in [4.78, 5) is 25.6. The van der Waals surface area contributed by atoms with E-state index >= 15 is 0 Å². The Bertz CT molecular complexity index is 568. The minimum atomic E-state index is -0.302. The molecule has 1 aromatic carbocycles. The van der Waals surface area contributed by atoms with Gasteiger partial charge in [-0.25, -0.2) is 0 Å². The molecule has 5 heteroatoms. The highest BCUT2D eigenvalue weighted by molar-refractivity contribution is 6.21. The van der Waals surface area contributed by atoms with Crippen molar-refractivity contribution in [2.45, 2.75) is 32.4 Å². The molecule has 1 fully saturated rings. The number of carbonyl (C=O) groups is 2. The highest BCUT2D eigenvalue weighted by Gasteiger charge is 2.28. The standard InChI is InChI=1S/C15H19N3O2/c1-9(2)18-6-5-11(8-18)16-10-3-4-12-13(7-10)15(20)17-14(12)19/h3-4,7,9,11,16H,5-6,8H2,1-2H3,(H,17,19,20). The Hall–Kier alpha value is -1.88. The zero-order chi connectivity index (χ0) is 14.3. The van der Waals surface area contributed by atoms with Crippen molar-refractivity contribution in [2.24, 2.45) is 0 Å². The first-order valence-electron chi connectivity index (χ1n) is 7.05. The molecule has 2 amide bonds. The van der Waals surface area contributed by atoms with Gasteiger partial charge in [-0.2, -0.15) is 0 Å². The molecule has 3 rings (SSSR count). The number of likely N-dealkylation sites (tertiary alicyclic amines) is 1. The monoisotopic (exact) mass is 273 g/mol. The molecule has 5 nitrogen and oxygen atoms in total. The van der Waals surface area contributed by atoms with Crippen molar-refractivity contribution in [1.29, 1.82) is 0 Å². The number of benzene rings is 1. The van der Waals surface area contributed by atoms with Crippen LogP contribution in [0.3, 0.4) is 0 Å². The first-order chi connectivity index (χ1) is 9.54. The van der Waals surface area contributed by atoms with Crippen LogP contribution >= 0.6 is 0 Å². The molecule has 1 saturated heterocycles. The van der Waals surface area contributed by atoms with Gasteiger partial charge in [-0.3, -0.25) is 19.8 Å². The molecule has 1 unspecified atom stereocenters. The van der Waals surface area contributed by atoms with Gasteiger partial charge in [0.2, 0.25) is 0 Å². The Morgan fingerprint density at radius 3 is 2.70 bits per heavy atom. The largest absolute Gasteiger partial charge is 0.381 e. The van der Waals surface area contributed by atoms with Crippen LogP contribution in [0.4, 0.5) is 5.69 Å². The van der Waals surface area contributed by atoms with Gasteiger partial charge in [0.05, 0.1) is 11.1 Å². The molecule has 0 spiro atoms. The van der Waals surface area contributed by atoms with Crippen LogP contribution in [-0.2, 0) is 0 Å². The van der Waals surface area contributed by atoms with Crippen molar-refractivity contribution in [3.8, 4) is 0 Å². The molecule has 2 aliphatic heterocycles. The third kappa shape index (κ3) is 2.29. The van der Waals surface area contributed by atoms with E-state index in [9.17, 15) is 9.59 Å². The van der Waals surface area contributed by atoms with Gasteiger partial charge in [-0.15, -0.1) is 0 Å². The summed E-state index contributed by atoms with van der Waals surface area (Å²) >= 11 is 0. The highest BCUT2D eigenvalue weighted by atomic mass is 16.2. The predicted molar refractivity (Wildman–Crippen MR) is 77.0 cm³/mol. The molecule has 1 atom stereocenters. The number of carbonyl (C=O) groups excluding carboxylic acids is 2. The average Bonchev–Trinajstić information content (AvgIpc) is 2.96. The van der Waals surface area contributed by atoms with E-state index in [4.69, 9.17) is 0 Å². The smallest absolute Gasteiger partial charge is 0.259 e. The molecule has 2 heterocycles. The lowest BCUT2D eigenvalue weighted by atomic mass is 10.1. The zero-order valence-corrected chi connectivity index (χ0v) is 11.8. The lowest BCUT2D eigenvalue weighted by molar-refractivity contribution is 0.0879. The van der Waals surface area contributed by atoms with Gasteiger partial charge in [0, 0.05) is 30.9 Å². The fourth-order valence-electron chi connectivity index (χ4n) is 2.87. The zero-order valence-electron chi connectivity index (χ0n) is 11.8. The van der Waals surface area contributed by atoms with E-state index in [0.29, 0.717) is 23.2 Å². The number of anilines is 1. The number of hydrogen-bond acceptors (Lipinski definition) is 4. The van der Waals surface area contributed by atoms with Crippen LogP contribution in [0.5, 0.6) is 0 Å². The highest BCUT2D eigenvalue weighted by Crippen LogP contribution is 2.23. The summed E-state index contributed by atoms with van der Waals surface area (Å²) in [5.41, 5.74) is 1.85. The Kier molecular flexibility index (Phi) is 3.22. The third-order valence-corrected chi connectivity index (χ3v) is 4.06. The van der Waals surface area contributed by atoms with E-state index in [0.717, 1.165) is 25.2 Å². The topological polar surface area (TPSA) is 61.4 Å². The van der Waals surface area contributed by atoms with E-state index in [1.807, 2.05) is 6.07 Å². The van der Waals surface area contributed by atoms with Gasteiger partial charge < -0.3 is 5.32 Å². The quantitative estimate of drug-likeness (QED) is 0.819. The first-order valence-corrected chi connectivity index (χ1v) is 7.05. The SMILES string of the molecule is CC(C)N1CCC(Nc2ccc3c(c2)C(=O)NC3=O)C1. The maximum atomic E-state index is 11.6. The summed E-state index contributed by atoms with van der Waals surface area (Å²) in [5, 5.41) is 5.77. The third-order valence-electron chi connectivity index (χ3n) is 4.06. The van der Waals surface area contributed by atoms with Crippen molar-refractivity contribution in [1.82, 2.24) is 10.2 Å². The van der Waals surface area contributed by atoms with Crippen molar-refractivity contribution in [3.63, 3.8) is 0 Å². The van der Waals surface area contributed by atoms with E-state index in [1.54, 1.807) is 12.1 Å². The molecule has 1 aromatic rings. The summed E-state index contributed by atoms with van der Waals surface area (Å²) < 4.78 is 0.